The summed E-state index contributed by atoms with van der Waals surface area (Å²) < 4.78 is 6.76. The number of cyclic esters (lactones) is 1. The Morgan fingerprint density at radius 2 is 2.04 bits per heavy atom. The third-order valence-electron chi connectivity index (χ3n) is 5.14. The molecule has 7 heteroatoms. The first-order chi connectivity index (χ1) is 13.1. The zero-order chi connectivity index (χ0) is 18.5. The van der Waals surface area contributed by atoms with Crippen LogP contribution in [-0.2, 0) is 22.4 Å². The minimum Gasteiger partial charge on any atom is -0.465 e. The number of benzene rings is 1. The van der Waals surface area contributed by atoms with Gasteiger partial charge in [0.05, 0.1) is 17.7 Å². The lowest BCUT2D eigenvalue weighted by molar-refractivity contribution is -0.137. The molecule has 5 rings (SSSR count). The van der Waals surface area contributed by atoms with Crippen LogP contribution in [-0.4, -0.2) is 27.4 Å². The molecule has 3 heterocycles. The molecule has 0 bridgehead atoms. The van der Waals surface area contributed by atoms with Crippen LogP contribution < -0.4 is 5.56 Å². The third kappa shape index (κ3) is 2.80. The zero-order valence-corrected chi connectivity index (χ0v) is 16.5. The number of thiophene rings is 1. The molecule has 0 spiro atoms. The van der Waals surface area contributed by atoms with E-state index in [4.69, 9.17) is 9.72 Å². The Morgan fingerprint density at radius 1 is 1.22 bits per heavy atom. The Hall–Kier alpha value is -2.12. The van der Waals surface area contributed by atoms with Crippen molar-refractivity contribution in [1.82, 2.24) is 9.55 Å². The fourth-order valence-electron chi connectivity index (χ4n) is 3.74. The molecule has 0 radical (unpaired) electrons. The van der Waals surface area contributed by atoms with E-state index in [9.17, 15) is 9.59 Å². The second-order valence-corrected chi connectivity index (χ2v) is 9.22. The van der Waals surface area contributed by atoms with Crippen LogP contribution in [0.1, 0.15) is 28.8 Å². The SMILES string of the molecule is Cc1ccc(-n2c(S[C@@H]3CCOC3=O)nc3sc4c(c3c2=O)CCC4)cc1. The molecule has 0 saturated carbocycles. The first kappa shape index (κ1) is 17.0. The average Bonchev–Trinajstić information content (AvgIpc) is 3.33. The van der Waals surface area contributed by atoms with Gasteiger partial charge in [-0.05, 0) is 43.9 Å². The van der Waals surface area contributed by atoms with Crippen molar-refractivity contribution in [3.05, 3.63) is 50.6 Å². The number of hydrogen-bond donors (Lipinski definition) is 0. The number of ether oxygens (including phenoxy) is 1. The van der Waals surface area contributed by atoms with E-state index in [2.05, 4.69) is 0 Å². The Labute approximate surface area is 164 Å². The second kappa shape index (κ2) is 6.49. The summed E-state index contributed by atoms with van der Waals surface area (Å²) in [5.41, 5.74) is 3.06. The van der Waals surface area contributed by atoms with Crippen molar-refractivity contribution in [3.8, 4) is 5.69 Å². The summed E-state index contributed by atoms with van der Waals surface area (Å²) in [5.74, 6) is -0.224. The lowest BCUT2D eigenvalue weighted by Crippen LogP contribution is -2.23. The fourth-order valence-corrected chi connectivity index (χ4v) is 6.12. The normalized spacial score (nSPS) is 18.9. The van der Waals surface area contributed by atoms with Gasteiger partial charge in [0.15, 0.2) is 5.16 Å². The highest BCUT2D eigenvalue weighted by Gasteiger charge is 2.31. The number of aryl methyl sites for hydroxylation is 3. The summed E-state index contributed by atoms with van der Waals surface area (Å²) in [7, 11) is 0. The molecule has 138 valence electrons. The highest BCUT2D eigenvalue weighted by Crippen LogP contribution is 2.37. The second-order valence-electron chi connectivity index (χ2n) is 6.97. The van der Waals surface area contributed by atoms with Gasteiger partial charge in [-0.2, -0.15) is 0 Å². The standard InChI is InChI=1S/C20H18N2O3S2/c1-11-5-7-12(8-6-11)22-18(23)16-13-3-2-4-14(13)26-17(16)21-20(22)27-15-9-10-25-19(15)24/h5-8,15H,2-4,9-10H2,1H3/t15-/m1/s1. The van der Waals surface area contributed by atoms with Crippen LogP contribution in [0.2, 0.25) is 0 Å². The van der Waals surface area contributed by atoms with Crippen molar-refractivity contribution in [3.63, 3.8) is 0 Å². The number of carbonyl (C=O) groups is 1. The molecule has 2 aromatic heterocycles. The largest absolute Gasteiger partial charge is 0.465 e. The van der Waals surface area contributed by atoms with Gasteiger partial charge < -0.3 is 4.74 Å². The maximum absolute atomic E-state index is 13.5. The Morgan fingerprint density at radius 3 is 2.78 bits per heavy atom. The van der Waals surface area contributed by atoms with E-state index in [0.717, 1.165) is 40.7 Å². The van der Waals surface area contributed by atoms with Gasteiger partial charge in [0.25, 0.3) is 5.56 Å². The zero-order valence-electron chi connectivity index (χ0n) is 14.9. The van der Waals surface area contributed by atoms with Gasteiger partial charge in [-0.1, -0.05) is 29.5 Å². The van der Waals surface area contributed by atoms with E-state index in [1.54, 1.807) is 15.9 Å². The number of thioether (sulfide) groups is 1. The Bertz CT molecular complexity index is 1110. The predicted molar refractivity (Wildman–Crippen MR) is 107 cm³/mol. The van der Waals surface area contributed by atoms with Crippen molar-refractivity contribution >= 4 is 39.3 Å². The molecule has 1 fully saturated rings. The van der Waals surface area contributed by atoms with Gasteiger partial charge in [0.2, 0.25) is 0 Å². The summed E-state index contributed by atoms with van der Waals surface area (Å²) in [6.45, 7) is 2.45. The van der Waals surface area contributed by atoms with Crippen LogP contribution in [0.5, 0.6) is 0 Å². The van der Waals surface area contributed by atoms with Crippen molar-refractivity contribution in [2.45, 2.75) is 43.0 Å². The predicted octanol–water partition coefficient (Wildman–Crippen LogP) is 3.65. The number of esters is 1. The number of carbonyl (C=O) groups excluding carboxylic acids is 1. The number of nitrogens with zero attached hydrogens (tertiary/aromatic N) is 2. The molecule has 1 aromatic carbocycles. The van der Waals surface area contributed by atoms with Crippen LogP contribution in [0.15, 0.2) is 34.2 Å². The highest BCUT2D eigenvalue weighted by atomic mass is 32.2. The van der Waals surface area contributed by atoms with Gasteiger partial charge in [-0.15, -0.1) is 11.3 Å². The molecule has 0 amide bonds. The van der Waals surface area contributed by atoms with Gasteiger partial charge in [0.1, 0.15) is 10.1 Å². The number of rotatable bonds is 3. The van der Waals surface area contributed by atoms with Gasteiger partial charge >= 0.3 is 5.97 Å². The maximum Gasteiger partial charge on any atom is 0.319 e. The van der Waals surface area contributed by atoms with Crippen LogP contribution in [0, 0.1) is 6.92 Å². The molecular formula is C20H18N2O3S2. The van der Waals surface area contributed by atoms with Crippen LogP contribution >= 0.6 is 23.1 Å². The Kier molecular flexibility index (Phi) is 4.09. The van der Waals surface area contributed by atoms with E-state index in [-0.39, 0.29) is 16.8 Å². The Balaban J connectivity index is 1.73. The van der Waals surface area contributed by atoms with Crippen LogP contribution in [0.25, 0.3) is 15.9 Å². The van der Waals surface area contributed by atoms with Gasteiger partial charge in [-0.25, -0.2) is 4.98 Å². The number of hydrogen-bond acceptors (Lipinski definition) is 6. The highest BCUT2D eigenvalue weighted by molar-refractivity contribution is 8.00. The average molecular weight is 399 g/mol. The maximum atomic E-state index is 13.5. The molecule has 2 aliphatic rings. The third-order valence-corrected chi connectivity index (χ3v) is 7.52. The van der Waals surface area contributed by atoms with E-state index < -0.39 is 0 Å². The molecule has 0 unspecified atom stereocenters. The minimum absolute atomic E-state index is 0.0304. The van der Waals surface area contributed by atoms with E-state index in [1.165, 1.54) is 22.2 Å². The van der Waals surface area contributed by atoms with Gasteiger partial charge in [0, 0.05) is 11.3 Å². The van der Waals surface area contributed by atoms with Crippen molar-refractivity contribution in [1.29, 1.82) is 0 Å². The minimum atomic E-state index is -0.308. The van der Waals surface area contributed by atoms with E-state index in [0.29, 0.717) is 18.2 Å². The lowest BCUT2D eigenvalue weighted by Gasteiger charge is -2.14. The molecule has 3 aromatic rings. The number of fused-ring (bicyclic) bond motifs is 3. The summed E-state index contributed by atoms with van der Waals surface area (Å²) in [4.78, 5) is 32.4. The summed E-state index contributed by atoms with van der Waals surface area (Å²) in [6.07, 6.45) is 3.72. The summed E-state index contributed by atoms with van der Waals surface area (Å²) >= 11 is 2.96. The topological polar surface area (TPSA) is 61.2 Å². The smallest absolute Gasteiger partial charge is 0.319 e. The molecular weight excluding hydrogens is 380 g/mol. The van der Waals surface area contributed by atoms with Crippen LogP contribution in [0.3, 0.4) is 0 Å². The van der Waals surface area contributed by atoms with Crippen molar-refractivity contribution < 1.29 is 9.53 Å². The molecule has 1 saturated heterocycles. The first-order valence-corrected chi connectivity index (χ1v) is 10.8. The molecule has 1 aliphatic carbocycles. The molecule has 1 atom stereocenters. The quantitative estimate of drug-likeness (QED) is 0.498. The van der Waals surface area contributed by atoms with Crippen molar-refractivity contribution in [2.24, 2.45) is 0 Å². The summed E-state index contributed by atoms with van der Waals surface area (Å²) in [5, 5.41) is 1.02. The monoisotopic (exact) mass is 398 g/mol. The van der Waals surface area contributed by atoms with Crippen LogP contribution in [0.4, 0.5) is 0 Å². The number of aromatic nitrogens is 2. The summed E-state index contributed by atoms with van der Waals surface area (Å²) in [6, 6.07) is 7.85. The first-order valence-electron chi connectivity index (χ1n) is 9.09. The molecule has 5 nitrogen and oxygen atoms in total. The molecule has 0 N–H and O–H groups in total. The molecule has 27 heavy (non-hydrogen) atoms. The lowest BCUT2D eigenvalue weighted by atomic mass is 10.2. The van der Waals surface area contributed by atoms with Gasteiger partial charge in [-0.3, -0.25) is 14.2 Å². The fraction of sp³-hybridized carbons (Fsp3) is 0.350. The van der Waals surface area contributed by atoms with Crippen molar-refractivity contribution in [2.75, 3.05) is 6.61 Å². The van der Waals surface area contributed by atoms with E-state index in [1.807, 2.05) is 31.2 Å². The van der Waals surface area contributed by atoms with E-state index >= 15 is 0 Å². The molecule has 1 aliphatic heterocycles.